The molecule has 0 rings (SSSR count). The summed E-state index contributed by atoms with van der Waals surface area (Å²) in [5.41, 5.74) is 0.957. The Labute approximate surface area is 120 Å². The summed E-state index contributed by atoms with van der Waals surface area (Å²) in [5.74, 6) is -0.482. The van der Waals surface area contributed by atoms with Crippen LogP contribution in [0.25, 0.3) is 0 Å². The second-order valence-corrected chi connectivity index (χ2v) is 3.82. The van der Waals surface area contributed by atoms with Crippen molar-refractivity contribution >= 4 is 11.7 Å². The highest BCUT2D eigenvalue weighted by Crippen LogP contribution is 2.01. The lowest BCUT2D eigenvalue weighted by Crippen LogP contribution is -2.30. The Balaban J connectivity index is 4.76. The van der Waals surface area contributed by atoms with Crippen LogP contribution in [0.4, 0.5) is 0 Å². The summed E-state index contributed by atoms with van der Waals surface area (Å²) in [6, 6.07) is 0. The van der Waals surface area contributed by atoms with Gasteiger partial charge in [-0.15, -0.1) is 0 Å². The average Bonchev–Trinajstić information content (AvgIpc) is 2.44. The fourth-order valence-electron chi connectivity index (χ4n) is 1.43. The number of hydrogen-bond acceptors (Lipinski definition) is 2. The number of Topliss-reactive ketones (excluding diaryl/α,β-unsaturated/α-hetero) is 1. The molecule has 3 nitrogen and oxygen atoms in total. The molecule has 0 aromatic carbocycles. The molecule has 0 aliphatic rings. The molecule has 0 atom stereocenters. The summed E-state index contributed by atoms with van der Waals surface area (Å²) < 4.78 is 0. The van der Waals surface area contributed by atoms with E-state index in [9.17, 15) is 9.59 Å². The van der Waals surface area contributed by atoms with E-state index < -0.39 is 0 Å². The molecule has 0 aromatic rings. The van der Waals surface area contributed by atoms with E-state index in [1.807, 2.05) is 13.8 Å². The summed E-state index contributed by atoms with van der Waals surface area (Å²) in [6.07, 6.45) is 13.1. The highest BCUT2D eigenvalue weighted by atomic mass is 16.2. The van der Waals surface area contributed by atoms with Gasteiger partial charge < -0.3 is 5.32 Å². The summed E-state index contributed by atoms with van der Waals surface area (Å²) in [5, 5.41) is 2.58. The van der Waals surface area contributed by atoms with Crippen LogP contribution in [-0.2, 0) is 9.59 Å². The van der Waals surface area contributed by atoms with Gasteiger partial charge in [0.2, 0.25) is 0 Å². The molecule has 106 valence electrons. The van der Waals surface area contributed by atoms with Crippen LogP contribution >= 0.6 is 0 Å². The molecule has 0 unspecified atom stereocenters. The highest BCUT2D eigenvalue weighted by Gasteiger charge is 2.10. The van der Waals surface area contributed by atoms with Gasteiger partial charge in [0.1, 0.15) is 0 Å². The summed E-state index contributed by atoms with van der Waals surface area (Å²) in [4.78, 5) is 23.8. The van der Waals surface area contributed by atoms with Crippen LogP contribution in [0.1, 0.15) is 13.8 Å². The fourth-order valence-corrected chi connectivity index (χ4v) is 1.43. The maximum Gasteiger partial charge on any atom is 0.251 e. The first kappa shape index (κ1) is 17.6. The van der Waals surface area contributed by atoms with E-state index in [1.165, 1.54) is 12.2 Å². The Morgan fingerprint density at radius 1 is 0.950 bits per heavy atom. The molecule has 3 heteroatoms. The molecule has 0 aromatic heterocycles. The van der Waals surface area contributed by atoms with E-state index in [-0.39, 0.29) is 18.2 Å². The van der Waals surface area contributed by atoms with Crippen LogP contribution in [0.15, 0.2) is 72.9 Å². The third-order valence-electron chi connectivity index (χ3n) is 2.28. The van der Waals surface area contributed by atoms with Crippen LogP contribution < -0.4 is 5.32 Å². The second-order valence-electron chi connectivity index (χ2n) is 3.82. The van der Waals surface area contributed by atoms with E-state index >= 15 is 0 Å². The average molecular weight is 271 g/mol. The first-order valence-electron chi connectivity index (χ1n) is 6.32. The first-order chi connectivity index (χ1) is 9.60. The van der Waals surface area contributed by atoms with Crippen molar-refractivity contribution in [3.8, 4) is 0 Å². The second kappa shape index (κ2) is 10.5. The smallest absolute Gasteiger partial charge is 0.251 e. The summed E-state index contributed by atoms with van der Waals surface area (Å²) in [6.45, 7) is 10.7. The molecule has 0 aliphatic heterocycles. The minimum Gasteiger partial charge on any atom is -0.345 e. The molecule has 0 saturated heterocycles. The molecule has 0 bridgehead atoms. The van der Waals surface area contributed by atoms with Gasteiger partial charge >= 0.3 is 0 Å². The van der Waals surface area contributed by atoms with Gasteiger partial charge in [-0.1, -0.05) is 61.8 Å². The lowest BCUT2D eigenvalue weighted by atomic mass is 10.1. The molecule has 0 aliphatic carbocycles. The third kappa shape index (κ3) is 6.50. The van der Waals surface area contributed by atoms with Gasteiger partial charge in [0.15, 0.2) is 5.78 Å². The maximum absolute atomic E-state index is 11.9. The predicted octanol–water partition coefficient (Wildman–Crippen LogP) is 3.05. The van der Waals surface area contributed by atoms with Crippen molar-refractivity contribution in [3.05, 3.63) is 72.9 Å². The van der Waals surface area contributed by atoms with Gasteiger partial charge in [0.25, 0.3) is 5.91 Å². The Kier molecular flexibility index (Phi) is 9.23. The van der Waals surface area contributed by atoms with Gasteiger partial charge in [-0.2, -0.15) is 0 Å². The molecule has 1 amide bonds. The number of allylic oxidation sites excluding steroid dienone is 7. The maximum atomic E-state index is 11.9. The summed E-state index contributed by atoms with van der Waals surface area (Å²) >= 11 is 0. The molecular weight excluding hydrogens is 250 g/mol. The molecule has 0 heterocycles. The van der Waals surface area contributed by atoms with E-state index in [0.29, 0.717) is 11.1 Å². The van der Waals surface area contributed by atoms with E-state index in [4.69, 9.17) is 0 Å². The Morgan fingerprint density at radius 3 is 1.95 bits per heavy atom. The highest BCUT2D eigenvalue weighted by molar-refractivity contribution is 6.04. The van der Waals surface area contributed by atoms with E-state index in [2.05, 4.69) is 18.5 Å². The zero-order valence-electron chi connectivity index (χ0n) is 12.1. The standard InChI is InChI=1S/C17H21NO2/c1-5-9-14(10-6-2)16(19)13-18-17(20)15(11-7-3)12-8-4/h5-12H,1,3,13H2,2,4H3,(H,18,20)/b10-6-,12-8-,14-9+,15-11+. The van der Waals surface area contributed by atoms with Crippen LogP contribution in [-0.4, -0.2) is 18.2 Å². The van der Waals surface area contributed by atoms with Crippen LogP contribution in [0.2, 0.25) is 0 Å². The number of hydrogen-bond donors (Lipinski definition) is 1. The van der Waals surface area contributed by atoms with Crippen molar-refractivity contribution in [2.45, 2.75) is 13.8 Å². The monoisotopic (exact) mass is 271 g/mol. The number of nitrogens with one attached hydrogen (secondary N) is 1. The zero-order chi connectivity index (χ0) is 15.4. The van der Waals surface area contributed by atoms with Crippen molar-refractivity contribution in [2.24, 2.45) is 0 Å². The Hall–Kier alpha value is -2.42. The molecule has 1 N–H and O–H groups in total. The molecule has 0 radical (unpaired) electrons. The molecule has 20 heavy (non-hydrogen) atoms. The number of ketones is 1. The van der Waals surface area contributed by atoms with Crippen molar-refractivity contribution in [3.63, 3.8) is 0 Å². The van der Waals surface area contributed by atoms with Crippen LogP contribution in [0.5, 0.6) is 0 Å². The zero-order valence-corrected chi connectivity index (χ0v) is 12.1. The molecule has 0 spiro atoms. The topological polar surface area (TPSA) is 46.2 Å². The van der Waals surface area contributed by atoms with Gasteiger partial charge in [0, 0.05) is 11.1 Å². The van der Waals surface area contributed by atoms with Gasteiger partial charge in [-0.05, 0) is 13.8 Å². The van der Waals surface area contributed by atoms with Gasteiger partial charge in [-0.25, -0.2) is 0 Å². The van der Waals surface area contributed by atoms with E-state index in [1.54, 1.807) is 36.5 Å². The van der Waals surface area contributed by atoms with Crippen molar-refractivity contribution < 1.29 is 9.59 Å². The van der Waals surface area contributed by atoms with Gasteiger partial charge in [0.05, 0.1) is 6.54 Å². The lowest BCUT2D eigenvalue weighted by Gasteiger charge is -2.05. The minimum atomic E-state index is -0.310. The molecule has 0 saturated carbocycles. The molecule has 0 fully saturated rings. The van der Waals surface area contributed by atoms with Crippen LogP contribution in [0, 0.1) is 0 Å². The third-order valence-corrected chi connectivity index (χ3v) is 2.28. The van der Waals surface area contributed by atoms with Crippen LogP contribution in [0.3, 0.4) is 0 Å². The van der Waals surface area contributed by atoms with Crippen molar-refractivity contribution in [1.29, 1.82) is 0 Å². The number of carbonyl (C=O) groups is 2. The minimum absolute atomic E-state index is 0.0606. The van der Waals surface area contributed by atoms with Gasteiger partial charge in [-0.3, -0.25) is 9.59 Å². The Morgan fingerprint density at radius 2 is 1.45 bits per heavy atom. The fraction of sp³-hybridized carbons (Fsp3) is 0.176. The first-order valence-corrected chi connectivity index (χ1v) is 6.32. The lowest BCUT2D eigenvalue weighted by molar-refractivity contribution is -0.121. The normalized spacial score (nSPS) is 12.7. The molecular formula is C17H21NO2. The predicted molar refractivity (Wildman–Crippen MR) is 84.2 cm³/mol. The largest absolute Gasteiger partial charge is 0.345 e. The van der Waals surface area contributed by atoms with E-state index in [0.717, 1.165) is 0 Å². The quantitative estimate of drug-likeness (QED) is 0.545. The number of rotatable bonds is 8. The number of amides is 1. The van der Waals surface area contributed by atoms with Crippen molar-refractivity contribution in [1.82, 2.24) is 5.32 Å². The Bertz CT molecular complexity index is 445. The SMILES string of the molecule is C=C/C=C(\C=C/C)C(=O)CNC(=O)C(/C=C\C)=C/C=C. The van der Waals surface area contributed by atoms with Crippen molar-refractivity contribution in [2.75, 3.05) is 6.54 Å². The number of carbonyl (C=O) groups excluding carboxylic acids is 2. The summed E-state index contributed by atoms with van der Waals surface area (Å²) in [7, 11) is 0.